The smallest absolute Gasteiger partial charge is 0.322 e. The van der Waals surface area contributed by atoms with Gasteiger partial charge in [0.2, 0.25) is 5.91 Å². The maximum absolute atomic E-state index is 13.6. The van der Waals surface area contributed by atoms with Gasteiger partial charge in [0, 0.05) is 18.7 Å². The van der Waals surface area contributed by atoms with Crippen LogP contribution in [-0.2, 0) is 18.8 Å². The molecule has 1 aromatic rings. The molecule has 2 amide bonds. The number of imide groups is 1. The van der Waals surface area contributed by atoms with E-state index in [0.29, 0.717) is 18.4 Å². The molecule has 1 heterocycles. The Morgan fingerprint density at radius 1 is 1.23 bits per heavy atom. The molecule has 0 N–H and O–H groups in total. The van der Waals surface area contributed by atoms with Crippen LogP contribution in [0.15, 0.2) is 43.0 Å². The molecular formula is C24H35NO5Si. The van der Waals surface area contributed by atoms with Crippen LogP contribution in [0.4, 0.5) is 0 Å². The number of piperidine rings is 1. The summed E-state index contributed by atoms with van der Waals surface area (Å²) in [5.74, 6) is -1.50. The Balaban J connectivity index is 2.29. The van der Waals surface area contributed by atoms with Gasteiger partial charge in [-0.1, -0.05) is 51.6 Å². The number of benzene rings is 1. The molecule has 6 nitrogen and oxygen atoms in total. The lowest BCUT2D eigenvalue weighted by atomic mass is 9.76. The standard InChI is InChI=1S/C24H35NO5Si/c1-7-17-29-22(28)24(15-18-30-31(5,6)23(2,3)4)14-11-16-25(21(24)27)20(26)19-12-9-8-10-13-19/h7-10,12-13H,1,11,14-18H2,2-6H3. The van der Waals surface area contributed by atoms with Crippen molar-refractivity contribution in [1.29, 1.82) is 0 Å². The largest absolute Gasteiger partial charge is 0.461 e. The maximum Gasteiger partial charge on any atom is 0.322 e. The number of hydrogen-bond acceptors (Lipinski definition) is 5. The fourth-order valence-corrected chi connectivity index (χ4v) is 4.47. The highest BCUT2D eigenvalue weighted by Gasteiger charge is 2.53. The van der Waals surface area contributed by atoms with E-state index in [-0.39, 0.29) is 31.2 Å². The molecule has 1 fully saturated rings. The predicted octanol–water partition coefficient (Wildman–Crippen LogP) is 4.58. The monoisotopic (exact) mass is 445 g/mol. The van der Waals surface area contributed by atoms with E-state index in [1.807, 2.05) is 6.07 Å². The third-order valence-electron chi connectivity index (χ3n) is 6.43. The zero-order valence-electron chi connectivity index (χ0n) is 19.4. The van der Waals surface area contributed by atoms with Crippen molar-refractivity contribution in [3.8, 4) is 0 Å². The SMILES string of the molecule is C=CCOC(=O)C1(CCO[Si](C)(C)C(C)(C)C)CCCN(C(=O)c2ccccc2)C1=O. The van der Waals surface area contributed by atoms with Crippen LogP contribution in [0, 0.1) is 5.41 Å². The zero-order valence-corrected chi connectivity index (χ0v) is 20.4. The van der Waals surface area contributed by atoms with Crippen molar-refractivity contribution in [2.45, 2.75) is 58.2 Å². The quantitative estimate of drug-likeness (QED) is 0.193. The van der Waals surface area contributed by atoms with Crippen molar-refractivity contribution in [3.63, 3.8) is 0 Å². The van der Waals surface area contributed by atoms with Gasteiger partial charge in [-0.15, -0.1) is 0 Å². The molecule has 1 unspecified atom stereocenters. The highest BCUT2D eigenvalue weighted by atomic mass is 28.4. The Bertz CT molecular complexity index is 815. The number of carbonyl (C=O) groups is 3. The first-order valence-electron chi connectivity index (χ1n) is 10.8. The maximum atomic E-state index is 13.6. The molecule has 1 aromatic carbocycles. The average molecular weight is 446 g/mol. The van der Waals surface area contributed by atoms with Gasteiger partial charge < -0.3 is 9.16 Å². The summed E-state index contributed by atoms with van der Waals surface area (Å²) in [7, 11) is -2.06. The van der Waals surface area contributed by atoms with Crippen LogP contribution >= 0.6 is 0 Å². The molecule has 0 radical (unpaired) electrons. The van der Waals surface area contributed by atoms with Crippen LogP contribution in [0.3, 0.4) is 0 Å². The van der Waals surface area contributed by atoms with Gasteiger partial charge in [0.15, 0.2) is 8.32 Å². The van der Waals surface area contributed by atoms with Gasteiger partial charge in [-0.05, 0) is 49.5 Å². The van der Waals surface area contributed by atoms with Crippen LogP contribution in [0.5, 0.6) is 0 Å². The predicted molar refractivity (Wildman–Crippen MR) is 123 cm³/mol. The molecule has 7 heteroatoms. The number of nitrogens with zero attached hydrogens (tertiary/aromatic N) is 1. The minimum absolute atomic E-state index is 0.00932. The number of carbonyl (C=O) groups excluding carboxylic acids is 3. The first-order chi connectivity index (χ1) is 14.5. The van der Waals surface area contributed by atoms with Crippen molar-refractivity contribution in [3.05, 3.63) is 48.6 Å². The van der Waals surface area contributed by atoms with Crippen molar-refractivity contribution in [1.82, 2.24) is 4.90 Å². The topological polar surface area (TPSA) is 72.9 Å². The summed E-state index contributed by atoms with van der Waals surface area (Å²) < 4.78 is 11.6. The van der Waals surface area contributed by atoms with Gasteiger partial charge in [0.05, 0.1) is 0 Å². The molecule has 0 aromatic heterocycles. The number of rotatable bonds is 8. The number of amides is 2. The highest BCUT2D eigenvalue weighted by molar-refractivity contribution is 6.74. The van der Waals surface area contributed by atoms with E-state index >= 15 is 0 Å². The molecule has 0 saturated carbocycles. The van der Waals surface area contributed by atoms with E-state index in [0.717, 1.165) is 0 Å². The zero-order chi connectivity index (χ0) is 23.3. The first-order valence-corrected chi connectivity index (χ1v) is 13.7. The Kier molecular flexibility index (Phi) is 8.00. The lowest BCUT2D eigenvalue weighted by Crippen LogP contribution is -2.56. The molecule has 31 heavy (non-hydrogen) atoms. The Morgan fingerprint density at radius 2 is 1.87 bits per heavy atom. The van der Waals surface area contributed by atoms with E-state index in [9.17, 15) is 14.4 Å². The minimum Gasteiger partial charge on any atom is -0.461 e. The Morgan fingerprint density at radius 3 is 2.45 bits per heavy atom. The van der Waals surface area contributed by atoms with Crippen molar-refractivity contribution in [2.75, 3.05) is 19.8 Å². The molecule has 1 aliphatic heterocycles. The van der Waals surface area contributed by atoms with Gasteiger partial charge in [0.1, 0.15) is 12.0 Å². The Labute approximate surface area is 186 Å². The van der Waals surface area contributed by atoms with Gasteiger partial charge in [0.25, 0.3) is 5.91 Å². The van der Waals surface area contributed by atoms with Gasteiger partial charge in [-0.25, -0.2) is 0 Å². The van der Waals surface area contributed by atoms with Crippen LogP contribution < -0.4 is 0 Å². The Hall–Kier alpha value is -2.25. The fourth-order valence-electron chi connectivity index (χ4n) is 3.43. The summed E-state index contributed by atoms with van der Waals surface area (Å²) in [5.41, 5.74) is -1.00. The van der Waals surface area contributed by atoms with E-state index in [4.69, 9.17) is 9.16 Å². The van der Waals surface area contributed by atoms with E-state index < -0.39 is 31.5 Å². The fraction of sp³-hybridized carbons (Fsp3) is 0.542. The number of ether oxygens (including phenoxy) is 1. The number of likely N-dealkylation sites (tertiary alicyclic amines) is 1. The normalized spacial score (nSPS) is 19.8. The molecular weight excluding hydrogens is 410 g/mol. The van der Waals surface area contributed by atoms with Crippen LogP contribution in [-0.4, -0.2) is 50.8 Å². The second kappa shape index (κ2) is 9.91. The molecule has 1 atom stereocenters. The third-order valence-corrected chi connectivity index (χ3v) is 11.0. The van der Waals surface area contributed by atoms with Gasteiger partial charge in [-0.2, -0.15) is 0 Å². The molecule has 1 aliphatic rings. The second-order valence-electron chi connectivity index (χ2n) is 9.56. The number of esters is 1. The van der Waals surface area contributed by atoms with Gasteiger partial charge >= 0.3 is 5.97 Å². The van der Waals surface area contributed by atoms with E-state index in [1.54, 1.807) is 24.3 Å². The van der Waals surface area contributed by atoms with Crippen LogP contribution in [0.1, 0.15) is 50.4 Å². The third kappa shape index (κ3) is 5.52. The summed E-state index contributed by atoms with van der Waals surface area (Å²) in [5, 5.41) is 0.00932. The summed E-state index contributed by atoms with van der Waals surface area (Å²) >= 11 is 0. The molecule has 170 valence electrons. The lowest BCUT2D eigenvalue weighted by Gasteiger charge is -2.40. The summed E-state index contributed by atoms with van der Waals surface area (Å²) in [6, 6.07) is 8.65. The van der Waals surface area contributed by atoms with Crippen molar-refractivity contribution < 1.29 is 23.5 Å². The molecule has 0 aliphatic carbocycles. The average Bonchev–Trinajstić information content (AvgIpc) is 2.72. The summed E-state index contributed by atoms with van der Waals surface area (Å²) in [6.07, 6.45) is 2.53. The first kappa shape index (κ1) is 25.0. The molecule has 1 saturated heterocycles. The summed E-state index contributed by atoms with van der Waals surface area (Å²) in [4.78, 5) is 40.8. The molecule has 2 rings (SSSR count). The van der Waals surface area contributed by atoms with Crippen molar-refractivity contribution >= 4 is 26.1 Å². The molecule has 0 spiro atoms. The van der Waals surface area contributed by atoms with E-state index in [1.165, 1.54) is 11.0 Å². The van der Waals surface area contributed by atoms with E-state index in [2.05, 4.69) is 40.4 Å². The minimum atomic E-state index is -2.06. The number of hydrogen-bond donors (Lipinski definition) is 0. The summed E-state index contributed by atoms with van der Waals surface area (Å²) in [6.45, 7) is 14.8. The highest BCUT2D eigenvalue weighted by Crippen LogP contribution is 2.40. The molecule has 0 bridgehead atoms. The second-order valence-corrected chi connectivity index (χ2v) is 14.4. The van der Waals surface area contributed by atoms with Crippen LogP contribution in [0.2, 0.25) is 18.1 Å². The van der Waals surface area contributed by atoms with Gasteiger partial charge in [-0.3, -0.25) is 19.3 Å². The lowest BCUT2D eigenvalue weighted by molar-refractivity contribution is -0.167. The van der Waals surface area contributed by atoms with Crippen molar-refractivity contribution in [2.24, 2.45) is 5.41 Å². The van der Waals surface area contributed by atoms with Crippen LogP contribution in [0.25, 0.3) is 0 Å².